The predicted octanol–water partition coefficient (Wildman–Crippen LogP) is 0.675. The minimum atomic E-state index is 0.182. The molecule has 2 N–H and O–H groups in total. The summed E-state index contributed by atoms with van der Waals surface area (Å²) in [5, 5.41) is 0. The molecule has 3 nitrogen and oxygen atoms in total. The molecule has 0 aliphatic heterocycles. The summed E-state index contributed by atoms with van der Waals surface area (Å²) in [5.74, 6) is 0.804. The molecule has 1 rings (SSSR count). The molecule has 0 spiro atoms. The maximum atomic E-state index is 5.61. The Labute approximate surface area is 66.7 Å². The van der Waals surface area contributed by atoms with Crippen LogP contribution >= 0.6 is 0 Å². The summed E-state index contributed by atoms with van der Waals surface area (Å²) in [7, 11) is 0. The fraction of sp³-hybridized carbons (Fsp3) is 0.500. The zero-order valence-corrected chi connectivity index (χ0v) is 6.91. The summed E-state index contributed by atoms with van der Waals surface area (Å²) in [6.07, 6.45) is 4.50. The van der Waals surface area contributed by atoms with Gasteiger partial charge in [-0.25, -0.2) is 9.97 Å². The molecule has 1 aromatic heterocycles. The molecule has 1 aromatic rings. The van der Waals surface area contributed by atoms with Crippen LogP contribution in [0.3, 0.4) is 0 Å². The average molecular weight is 151 g/mol. The Morgan fingerprint density at radius 3 is 2.45 bits per heavy atom. The van der Waals surface area contributed by atoms with Crippen LogP contribution < -0.4 is 5.73 Å². The summed E-state index contributed by atoms with van der Waals surface area (Å²) < 4.78 is 0. The molecule has 0 amide bonds. The number of nitrogens with zero attached hydrogens (tertiary/aromatic N) is 2. The Kier molecular flexibility index (Phi) is 2.54. The molecule has 0 saturated heterocycles. The van der Waals surface area contributed by atoms with E-state index >= 15 is 0 Å². The van der Waals surface area contributed by atoms with Gasteiger partial charge in [-0.15, -0.1) is 0 Å². The van der Waals surface area contributed by atoms with Crippen molar-refractivity contribution in [2.45, 2.75) is 26.3 Å². The molecular formula is C8H13N3. The van der Waals surface area contributed by atoms with Crippen molar-refractivity contribution in [2.24, 2.45) is 5.73 Å². The third kappa shape index (κ3) is 2.63. The van der Waals surface area contributed by atoms with Crippen molar-refractivity contribution in [3.63, 3.8) is 0 Å². The number of aryl methyl sites for hydroxylation is 1. The normalized spacial score (nSPS) is 13.0. The van der Waals surface area contributed by atoms with Crippen molar-refractivity contribution in [3.8, 4) is 0 Å². The largest absolute Gasteiger partial charge is 0.328 e. The maximum Gasteiger partial charge on any atom is 0.125 e. The zero-order valence-electron chi connectivity index (χ0n) is 6.91. The lowest BCUT2D eigenvalue weighted by molar-refractivity contribution is 0.730. The van der Waals surface area contributed by atoms with Crippen LogP contribution in [0.4, 0.5) is 0 Å². The van der Waals surface area contributed by atoms with Crippen LogP contribution in [0.5, 0.6) is 0 Å². The van der Waals surface area contributed by atoms with E-state index in [1.165, 1.54) is 0 Å². The lowest BCUT2D eigenvalue weighted by Crippen LogP contribution is -2.18. The minimum absolute atomic E-state index is 0.182. The summed E-state index contributed by atoms with van der Waals surface area (Å²) in [5.41, 5.74) is 6.71. The molecule has 0 aliphatic rings. The quantitative estimate of drug-likeness (QED) is 0.676. The van der Waals surface area contributed by atoms with Gasteiger partial charge in [-0.05, 0) is 25.8 Å². The first-order chi connectivity index (χ1) is 5.18. The molecular weight excluding hydrogens is 138 g/mol. The van der Waals surface area contributed by atoms with Crippen LogP contribution in [-0.2, 0) is 6.42 Å². The molecule has 0 radical (unpaired) electrons. The van der Waals surface area contributed by atoms with Gasteiger partial charge in [0.25, 0.3) is 0 Å². The van der Waals surface area contributed by atoms with E-state index in [-0.39, 0.29) is 6.04 Å². The van der Waals surface area contributed by atoms with Crippen LogP contribution in [0.1, 0.15) is 18.3 Å². The Morgan fingerprint density at radius 1 is 1.45 bits per heavy atom. The highest BCUT2D eigenvalue weighted by Gasteiger charge is 1.97. The van der Waals surface area contributed by atoms with Gasteiger partial charge in [-0.2, -0.15) is 0 Å². The Morgan fingerprint density at radius 2 is 2.00 bits per heavy atom. The van der Waals surface area contributed by atoms with E-state index in [1.807, 2.05) is 26.2 Å². The second-order valence-electron chi connectivity index (χ2n) is 2.82. The second kappa shape index (κ2) is 3.44. The van der Waals surface area contributed by atoms with Crippen LogP contribution in [0, 0.1) is 6.92 Å². The molecule has 0 aliphatic carbocycles. The van der Waals surface area contributed by atoms with Gasteiger partial charge < -0.3 is 5.73 Å². The topological polar surface area (TPSA) is 51.8 Å². The SMILES string of the molecule is Cc1ncc(CC(C)N)cn1. The van der Waals surface area contributed by atoms with Gasteiger partial charge in [0.2, 0.25) is 0 Å². The van der Waals surface area contributed by atoms with E-state index in [1.54, 1.807) is 0 Å². The molecule has 1 unspecified atom stereocenters. The minimum Gasteiger partial charge on any atom is -0.328 e. The molecule has 1 atom stereocenters. The average Bonchev–Trinajstić information content (AvgIpc) is 1.93. The third-order valence-corrected chi connectivity index (χ3v) is 1.39. The number of hydrogen-bond acceptors (Lipinski definition) is 3. The highest BCUT2D eigenvalue weighted by atomic mass is 14.8. The van der Waals surface area contributed by atoms with E-state index in [4.69, 9.17) is 5.73 Å². The first-order valence-electron chi connectivity index (χ1n) is 3.71. The molecule has 11 heavy (non-hydrogen) atoms. The van der Waals surface area contributed by atoms with Crippen molar-refractivity contribution in [1.82, 2.24) is 9.97 Å². The summed E-state index contributed by atoms with van der Waals surface area (Å²) in [4.78, 5) is 8.13. The van der Waals surface area contributed by atoms with E-state index in [0.29, 0.717) is 0 Å². The second-order valence-corrected chi connectivity index (χ2v) is 2.82. The first-order valence-corrected chi connectivity index (χ1v) is 3.71. The van der Waals surface area contributed by atoms with Gasteiger partial charge >= 0.3 is 0 Å². The third-order valence-electron chi connectivity index (χ3n) is 1.39. The monoisotopic (exact) mass is 151 g/mol. The van der Waals surface area contributed by atoms with Crippen molar-refractivity contribution < 1.29 is 0 Å². The van der Waals surface area contributed by atoms with E-state index in [2.05, 4.69) is 9.97 Å². The van der Waals surface area contributed by atoms with Gasteiger partial charge in [-0.3, -0.25) is 0 Å². The van der Waals surface area contributed by atoms with Gasteiger partial charge in [0.05, 0.1) is 0 Å². The Balaban J connectivity index is 2.66. The zero-order chi connectivity index (χ0) is 8.27. The first kappa shape index (κ1) is 8.14. The van der Waals surface area contributed by atoms with Crippen LogP contribution in [0.15, 0.2) is 12.4 Å². The van der Waals surface area contributed by atoms with Gasteiger partial charge in [-0.1, -0.05) is 0 Å². The molecule has 0 saturated carbocycles. The lowest BCUT2D eigenvalue weighted by atomic mass is 10.1. The number of hydrogen-bond donors (Lipinski definition) is 1. The van der Waals surface area contributed by atoms with Crippen LogP contribution in [-0.4, -0.2) is 16.0 Å². The van der Waals surface area contributed by atoms with Crippen molar-refractivity contribution in [3.05, 3.63) is 23.8 Å². The van der Waals surface area contributed by atoms with Crippen molar-refractivity contribution >= 4 is 0 Å². The Bertz CT molecular complexity index is 215. The van der Waals surface area contributed by atoms with Crippen LogP contribution in [0.2, 0.25) is 0 Å². The molecule has 60 valence electrons. The van der Waals surface area contributed by atoms with E-state index in [0.717, 1.165) is 17.8 Å². The summed E-state index contributed by atoms with van der Waals surface area (Å²) in [6, 6.07) is 0.182. The molecule has 3 heteroatoms. The Hall–Kier alpha value is -0.960. The van der Waals surface area contributed by atoms with Crippen molar-refractivity contribution in [1.29, 1.82) is 0 Å². The number of aromatic nitrogens is 2. The van der Waals surface area contributed by atoms with Gasteiger partial charge in [0, 0.05) is 18.4 Å². The maximum absolute atomic E-state index is 5.61. The van der Waals surface area contributed by atoms with E-state index < -0.39 is 0 Å². The lowest BCUT2D eigenvalue weighted by Gasteiger charge is -2.03. The molecule has 0 fully saturated rings. The predicted molar refractivity (Wildman–Crippen MR) is 44.1 cm³/mol. The smallest absolute Gasteiger partial charge is 0.125 e. The summed E-state index contributed by atoms with van der Waals surface area (Å²) in [6.45, 7) is 3.84. The highest BCUT2D eigenvalue weighted by Crippen LogP contribution is 1.98. The molecule has 0 aromatic carbocycles. The van der Waals surface area contributed by atoms with Gasteiger partial charge in [0.15, 0.2) is 0 Å². The van der Waals surface area contributed by atoms with Crippen molar-refractivity contribution in [2.75, 3.05) is 0 Å². The number of nitrogens with two attached hydrogens (primary N) is 1. The summed E-state index contributed by atoms with van der Waals surface area (Å²) >= 11 is 0. The molecule has 0 bridgehead atoms. The van der Waals surface area contributed by atoms with Gasteiger partial charge in [0.1, 0.15) is 5.82 Å². The number of rotatable bonds is 2. The van der Waals surface area contributed by atoms with E-state index in [9.17, 15) is 0 Å². The molecule has 1 heterocycles. The highest BCUT2D eigenvalue weighted by molar-refractivity contribution is 5.05. The standard InChI is InChI=1S/C8H13N3/c1-6(9)3-8-4-10-7(2)11-5-8/h4-6H,3,9H2,1-2H3. The fourth-order valence-corrected chi connectivity index (χ4v) is 0.897. The fourth-order valence-electron chi connectivity index (χ4n) is 0.897. The van der Waals surface area contributed by atoms with Crippen LogP contribution in [0.25, 0.3) is 0 Å².